The molecule has 0 aliphatic carbocycles. The van der Waals surface area contributed by atoms with Crippen LogP contribution in [0.4, 0.5) is 39.5 Å². The van der Waals surface area contributed by atoms with Gasteiger partial charge in [-0.05, 0) is 109 Å². The number of sulfone groups is 3. The van der Waals surface area contributed by atoms with Crippen LogP contribution in [-0.4, -0.2) is 94.8 Å². The molecule has 0 radical (unpaired) electrons. The van der Waals surface area contributed by atoms with E-state index in [1.807, 2.05) is 0 Å². The van der Waals surface area contributed by atoms with Gasteiger partial charge in [-0.2, -0.15) is 39.5 Å². The SMILES string of the molecule is O=C(NCCS(=O)(=O)c1ccc(C(F)(F)F)cn1)c1ccc(Cl)cc1.O=C(NCCS(=O)(=O)c1ccc(C(F)(F)F)cn1)c1ccc(Cl)cc1.O=C(NCCS(=O)(=O)c1ccc(C(F)(F)F)cn1)c1ccc(Cl)cc1. The van der Waals surface area contributed by atoms with E-state index in [0.29, 0.717) is 68.5 Å². The van der Waals surface area contributed by atoms with E-state index in [1.54, 1.807) is 0 Å². The molecule has 30 heteroatoms. The molecular weight excluding hydrogens is 1140 g/mol. The molecule has 402 valence electrons. The summed E-state index contributed by atoms with van der Waals surface area (Å²) in [4.78, 5) is 45.6. The Kier molecular flexibility index (Phi) is 21.1. The molecule has 15 nitrogen and oxygen atoms in total. The lowest BCUT2D eigenvalue weighted by atomic mass is 10.2. The molecule has 0 spiro atoms. The fourth-order valence-electron chi connectivity index (χ4n) is 5.52. The van der Waals surface area contributed by atoms with Crippen LogP contribution in [0.15, 0.2) is 143 Å². The third kappa shape index (κ3) is 19.4. The molecule has 3 heterocycles. The van der Waals surface area contributed by atoms with Crippen LogP contribution in [0.1, 0.15) is 47.8 Å². The lowest BCUT2D eigenvalue weighted by molar-refractivity contribution is -0.138. The van der Waals surface area contributed by atoms with Crippen molar-refractivity contribution >= 4 is 82.0 Å². The third-order valence-electron chi connectivity index (χ3n) is 9.44. The smallest absolute Gasteiger partial charge is 0.351 e. The van der Waals surface area contributed by atoms with E-state index in [2.05, 4.69) is 30.9 Å². The number of hydrogen-bond donors (Lipinski definition) is 3. The fraction of sp³-hybridized carbons (Fsp3) is 0.200. The molecule has 3 aromatic heterocycles. The standard InChI is InChI=1S/3C15H12ClF3N2O3S/c3*16-12-4-1-10(2-5-12)14(22)20-7-8-25(23,24)13-6-3-11(9-21-13)15(17,18)19/h3*1-6,9H,7-8H2,(H,20,22). The Morgan fingerprint density at radius 2 is 0.587 bits per heavy atom. The second-order valence-electron chi connectivity index (χ2n) is 14.9. The number of aromatic nitrogens is 3. The maximum Gasteiger partial charge on any atom is 0.417 e. The van der Waals surface area contributed by atoms with Gasteiger partial charge in [0.15, 0.2) is 44.6 Å². The van der Waals surface area contributed by atoms with Gasteiger partial charge in [0.05, 0.1) is 33.9 Å². The molecule has 3 aromatic carbocycles. The Bertz CT molecular complexity index is 2900. The van der Waals surface area contributed by atoms with Gasteiger partial charge in [0, 0.05) is 70.0 Å². The normalized spacial score (nSPS) is 12.0. The summed E-state index contributed by atoms with van der Waals surface area (Å²) in [6.07, 6.45) is -12.4. The minimum Gasteiger partial charge on any atom is -0.351 e. The Morgan fingerprint density at radius 3 is 0.760 bits per heavy atom. The summed E-state index contributed by atoms with van der Waals surface area (Å²) in [6, 6.07) is 22.2. The minimum atomic E-state index is -4.60. The van der Waals surface area contributed by atoms with Gasteiger partial charge in [-0.15, -0.1) is 0 Å². The maximum atomic E-state index is 12.4. The first kappa shape index (κ1) is 61.2. The van der Waals surface area contributed by atoms with Gasteiger partial charge < -0.3 is 16.0 Å². The van der Waals surface area contributed by atoms with Gasteiger partial charge in [0.25, 0.3) is 17.7 Å². The Labute approximate surface area is 436 Å². The van der Waals surface area contributed by atoms with Crippen LogP contribution in [0.5, 0.6) is 0 Å². The number of nitrogens with one attached hydrogen (secondary N) is 3. The van der Waals surface area contributed by atoms with E-state index < -0.39 is 115 Å². The van der Waals surface area contributed by atoms with Gasteiger partial charge in [0.1, 0.15) is 0 Å². The average Bonchev–Trinajstić information content (AvgIpc) is 3.34. The first-order valence-electron chi connectivity index (χ1n) is 20.7. The first-order valence-corrected chi connectivity index (χ1v) is 26.8. The second kappa shape index (κ2) is 25.9. The van der Waals surface area contributed by atoms with Crippen molar-refractivity contribution in [3.05, 3.63) is 176 Å². The summed E-state index contributed by atoms with van der Waals surface area (Å²) >= 11 is 17.1. The lowest BCUT2D eigenvalue weighted by Crippen LogP contribution is -2.29. The predicted molar refractivity (Wildman–Crippen MR) is 255 cm³/mol. The van der Waals surface area contributed by atoms with Gasteiger partial charge in [0.2, 0.25) is 0 Å². The average molecular weight is 1180 g/mol. The highest BCUT2D eigenvalue weighted by Crippen LogP contribution is 2.31. The van der Waals surface area contributed by atoms with E-state index >= 15 is 0 Å². The molecule has 6 rings (SSSR count). The molecule has 0 bridgehead atoms. The molecule has 0 atom stereocenters. The molecule has 3 N–H and O–H groups in total. The molecule has 0 saturated heterocycles. The van der Waals surface area contributed by atoms with Gasteiger partial charge in [-0.25, -0.2) is 40.2 Å². The number of carbonyl (C=O) groups is 3. The molecule has 75 heavy (non-hydrogen) atoms. The summed E-state index contributed by atoms with van der Waals surface area (Å²) in [7, 11) is -11.8. The van der Waals surface area contributed by atoms with Crippen LogP contribution < -0.4 is 16.0 Å². The zero-order valence-corrected chi connectivity index (χ0v) is 42.4. The Balaban J connectivity index is 0.000000243. The molecule has 0 saturated carbocycles. The van der Waals surface area contributed by atoms with Gasteiger partial charge in [-0.3, -0.25) is 14.4 Å². The van der Waals surface area contributed by atoms with E-state index in [4.69, 9.17) is 34.8 Å². The minimum absolute atomic E-state index is 0.216. The number of hydrogen-bond acceptors (Lipinski definition) is 12. The Morgan fingerprint density at radius 1 is 0.373 bits per heavy atom. The van der Waals surface area contributed by atoms with Crippen molar-refractivity contribution in [3.8, 4) is 0 Å². The van der Waals surface area contributed by atoms with E-state index in [1.165, 1.54) is 72.8 Å². The van der Waals surface area contributed by atoms with Crippen LogP contribution in [0, 0.1) is 0 Å². The third-order valence-corrected chi connectivity index (χ3v) is 15.1. The molecule has 0 aliphatic rings. The number of alkyl halides is 9. The van der Waals surface area contributed by atoms with Crippen molar-refractivity contribution in [2.24, 2.45) is 0 Å². The monoisotopic (exact) mass is 1180 g/mol. The zero-order chi connectivity index (χ0) is 56.0. The quantitative estimate of drug-likeness (QED) is 0.0820. The maximum absolute atomic E-state index is 12.4. The van der Waals surface area contributed by atoms with Crippen molar-refractivity contribution in [2.45, 2.75) is 33.6 Å². The summed E-state index contributed by atoms with van der Waals surface area (Å²) in [5.74, 6) is -2.97. The zero-order valence-electron chi connectivity index (χ0n) is 37.6. The van der Waals surface area contributed by atoms with Crippen LogP contribution in [-0.2, 0) is 48.0 Å². The fourth-order valence-corrected chi connectivity index (χ4v) is 9.10. The molecule has 3 amide bonds. The summed E-state index contributed by atoms with van der Waals surface area (Å²) in [5.41, 5.74) is -2.22. The Hall–Kier alpha value is -6.39. The number of carbonyl (C=O) groups excluding carboxylic acids is 3. The highest BCUT2D eigenvalue weighted by Gasteiger charge is 2.33. The van der Waals surface area contributed by atoms with Crippen LogP contribution in [0.3, 0.4) is 0 Å². The molecule has 0 aliphatic heterocycles. The van der Waals surface area contributed by atoms with Crippen LogP contribution in [0.25, 0.3) is 0 Å². The summed E-state index contributed by atoms with van der Waals surface area (Å²) in [5, 5.41) is 7.13. The number of benzene rings is 3. The summed E-state index contributed by atoms with van der Waals surface area (Å²) < 4.78 is 184. The van der Waals surface area contributed by atoms with Crippen LogP contribution >= 0.6 is 34.8 Å². The summed E-state index contributed by atoms with van der Waals surface area (Å²) in [6.45, 7) is -0.647. The number of amides is 3. The van der Waals surface area contributed by atoms with E-state index in [0.717, 1.165) is 18.2 Å². The van der Waals surface area contributed by atoms with E-state index in [-0.39, 0.29) is 19.6 Å². The van der Waals surface area contributed by atoms with Crippen LogP contribution in [0.2, 0.25) is 15.1 Å². The highest BCUT2D eigenvalue weighted by molar-refractivity contribution is 7.91. The first-order chi connectivity index (χ1) is 34.8. The highest BCUT2D eigenvalue weighted by atomic mass is 35.5. The number of halogens is 12. The van der Waals surface area contributed by atoms with Crippen molar-refractivity contribution < 1.29 is 79.2 Å². The van der Waals surface area contributed by atoms with Crippen molar-refractivity contribution in [2.75, 3.05) is 36.9 Å². The predicted octanol–water partition coefficient (Wildman–Crippen LogP) is 8.87. The largest absolute Gasteiger partial charge is 0.417 e. The second-order valence-corrected chi connectivity index (χ2v) is 22.4. The van der Waals surface area contributed by atoms with Crippen molar-refractivity contribution in [1.29, 1.82) is 0 Å². The lowest BCUT2D eigenvalue weighted by Gasteiger charge is -2.08. The number of nitrogens with zero attached hydrogens (tertiary/aromatic N) is 3. The van der Waals surface area contributed by atoms with Crippen molar-refractivity contribution in [1.82, 2.24) is 30.9 Å². The molecular formula is C45H36Cl3F9N6O9S3. The molecule has 0 unspecified atom stereocenters. The molecule has 0 fully saturated rings. The molecule has 6 aromatic rings. The van der Waals surface area contributed by atoms with Crippen molar-refractivity contribution in [3.63, 3.8) is 0 Å². The number of pyridine rings is 3. The van der Waals surface area contributed by atoms with E-state index in [9.17, 15) is 79.2 Å². The number of rotatable bonds is 15. The van der Waals surface area contributed by atoms with Gasteiger partial charge >= 0.3 is 18.5 Å². The topological polar surface area (TPSA) is 228 Å². The van der Waals surface area contributed by atoms with Gasteiger partial charge in [-0.1, -0.05) is 34.8 Å².